The van der Waals surface area contributed by atoms with Gasteiger partial charge in [-0.2, -0.15) is 0 Å². The number of nitrogens with zero attached hydrogens (tertiary/aromatic N) is 1. The molecule has 198 valence electrons. The third-order valence-electron chi connectivity index (χ3n) is 6.91. The highest BCUT2D eigenvalue weighted by Crippen LogP contribution is 2.24. The standard InChI is InChI=1S/C32H32N4O3/c1-4-36-20-23(24-9-5-7-11-29(24)36)18-28(35-31(37)25-10-6-8-12-30(25)39-3)32(38)33-16-15-22-19-34-27-14-13-21(2)17-26(22)27/h5-14,17-20,34H,4,15-16H2,1-3H3,(H,33,38)(H,35,37)/b28-18-. The molecule has 0 unspecified atom stereocenters. The summed E-state index contributed by atoms with van der Waals surface area (Å²) in [6.45, 7) is 5.34. The average Bonchev–Trinajstić information content (AvgIpc) is 3.53. The number of benzene rings is 3. The summed E-state index contributed by atoms with van der Waals surface area (Å²) < 4.78 is 7.49. The van der Waals surface area contributed by atoms with Crippen LogP contribution in [0.1, 0.15) is 34.0 Å². The maximum absolute atomic E-state index is 13.5. The molecule has 2 heterocycles. The van der Waals surface area contributed by atoms with Crippen LogP contribution in [0.3, 0.4) is 0 Å². The number of aryl methyl sites for hydroxylation is 2. The summed E-state index contributed by atoms with van der Waals surface area (Å²) in [4.78, 5) is 30.1. The summed E-state index contributed by atoms with van der Waals surface area (Å²) in [5, 5.41) is 8.00. The third-order valence-corrected chi connectivity index (χ3v) is 6.91. The molecule has 0 radical (unpaired) electrons. The van der Waals surface area contributed by atoms with Gasteiger partial charge in [0.15, 0.2) is 0 Å². The van der Waals surface area contributed by atoms with Gasteiger partial charge in [-0.1, -0.05) is 42.0 Å². The van der Waals surface area contributed by atoms with Crippen molar-refractivity contribution in [1.82, 2.24) is 20.2 Å². The van der Waals surface area contributed by atoms with Gasteiger partial charge in [0.1, 0.15) is 11.4 Å². The molecule has 0 spiro atoms. The van der Waals surface area contributed by atoms with Crippen molar-refractivity contribution in [2.75, 3.05) is 13.7 Å². The minimum atomic E-state index is -0.416. The SMILES string of the molecule is CCn1cc(/C=C(\NC(=O)c2ccccc2OC)C(=O)NCCc2c[nH]c3ccc(C)cc23)c2ccccc21. The van der Waals surface area contributed by atoms with Crippen molar-refractivity contribution in [3.05, 3.63) is 107 Å². The molecule has 5 aromatic rings. The van der Waals surface area contributed by atoms with E-state index in [9.17, 15) is 9.59 Å². The van der Waals surface area contributed by atoms with Crippen LogP contribution in [-0.2, 0) is 17.8 Å². The largest absolute Gasteiger partial charge is 0.496 e. The van der Waals surface area contributed by atoms with Crippen LogP contribution in [0.4, 0.5) is 0 Å². The second-order valence-corrected chi connectivity index (χ2v) is 9.47. The van der Waals surface area contributed by atoms with Crippen molar-refractivity contribution in [2.45, 2.75) is 26.8 Å². The maximum Gasteiger partial charge on any atom is 0.267 e. The Balaban J connectivity index is 1.42. The van der Waals surface area contributed by atoms with Crippen molar-refractivity contribution < 1.29 is 14.3 Å². The summed E-state index contributed by atoms with van der Waals surface area (Å²) in [5.74, 6) is -0.338. The zero-order valence-electron chi connectivity index (χ0n) is 22.4. The highest BCUT2D eigenvalue weighted by molar-refractivity contribution is 6.07. The lowest BCUT2D eigenvalue weighted by molar-refractivity contribution is -0.117. The fraction of sp³-hybridized carbons (Fsp3) is 0.188. The number of hydrogen-bond acceptors (Lipinski definition) is 3. The predicted molar refractivity (Wildman–Crippen MR) is 156 cm³/mol. The van der Waals surface area contributed by atoms with Crippen LogP contribution < -0.4 is 15.4 Å². The Kier molecular flexibility index (Phi) is 7.50. The Bertz CT molecular complexity index is 1690. The third kappa shape index (κ3) is 5.43. The topological polar surface area (TPSA) is 88.2 Å². The number of ether oxygens (including phenoxy) is 1. The van der Waals surface area contributed by atoms with Crippen LogP contribution >= 0.6 is 0 Å². The minimum Gasteiger partial charge on any atom is -0.496 e. The number of hydrogen-bond donors (Lipinski definition) is 3. The first-order valence-corrected chi connectivity index (χ1v) is 13.1. The quantitative estimate of drug-likeness (QED) is 0.222. The van der Waals surface area contributed by atoms with Gasteiger partial charge < -0.3 is 24.9 Å². The smallest absolute Gasteiger partial charge is 0.267 e. The van der Waals surface area contributed by atoms with Gasteiger partial charge in [0, 0.05) is 52.9 Å². The van der Waals surface area contributed by atoms with Crippen molar-refractivity contribution in [2.24, 2.45) is 0 Å². The molecule has 7 heteroatoms. The van der Waals surface area contributed by atoms with Crippen molar-refractivity contribution in [1.29, 1.82) is 0 Å². The number of methoxy groups -OCH3 is 1. The molecule has 2 aromatic heterocycles. The second kappa shape index (κ2) is 11.3. The van der Waals surface area contributed by atoms with Crippen molar-refractivity contribution >= 4 is 39.7 Å². The summed E-state index contributed by atoms with van der Waals surface area (Å²) in [5.41, 5.74) is 5.82. The number of carbonyl (C=O) groups is 2. The molecule has 5 rings (SSSR count). The molecular formula is C32H32N4O3. The van der Waals surface area contributed by atoms with Crippen LogP contribution in [-0.4, -0.2) is 35.0 Å². The molecule has 0 aliphatic rings. The average molecular weight is 521 g/mol. The minimum absolute atomic E-state index is 0.166. The molecule has 0 saturated heterocycles. The van der Waals surface area contributed by atoms with E-state index >= 15 is 0 Å². The first kappa shape index (κ1) is 25.9. The van der Waals surface area contributed by atoms with E-state index in [-0.39, 0.29) is 11.6 Å². The monoisotopic (exact) mass is 520 g/mol. The van der Waals surface area contributed by atoms with Crippen molar-refractivity contribution in [3.63, 3.8) is 0 Å². The Morgan fingerprint density at radius 1 is 1.03 bits per heavy atom. The zero-order valence-corrected chi connectivity index (χ0v) is 22.4. The van der Waals surface area contributed by atoms with Gasteiger partial charge in [-0.3, -0.25) is 9.59 Å². The van der Waals surface area contributed by atoms with E-state index in [1.807, 2.05) is 36.7 Å². The Hall–Kier alpha value is -4.78. The summed E-state index contributed by atoms with van der Waals surface area (Å²) >= 11 is 0. The first-order chi connectivity index (χ1) is 19.0. The molecular weight excluding hydrogens is 488 g/mol. The van der Waals surface area contributed by atoms with E-state index in [2.05, 4.69) is 52.2 Å². The number of amides is 2. The van der Waals surface area contributed by atoms with Crippen LogP contribution in [0.25, 0.3) is 27.9 Å². The van der Waals surface area contributed by atoms with E-state index in [0.29, 0.717) is 24.3 Å². The Morgan fingerprint density at radius 3 is 2.64 bits per heavy atom. The number of aromatic amines is 1. The number of rotatable bonds is 9. The summed E-state index contributed by atoms with van der Waals surface area (Å²) in [6.07, 6.45) is 6.38. The van der Waals surface area contributed by atoms with E-state index in [4.69, 9.17) is 4.74 Å². The van der Waals surface area contributed by atoms with E-state index in [0.717, 1.165) is 39.5 Å². The number of para-hydroxylation sites is 2. The van der Waals surface area contributed by atoms with Gasteiger partial charge in [-0.15, -0.1) is 0 Å². The van der Waals surface area contributed by atoms with Gasteiger partial charge in [0.25, 0.3) is 11.8 Å². The summed E-state index contributed by atoms with van der Waals surface area (Å²) in [6, 6.07) is 21.3. The number of H-pyrrole nitrogens is 1. The van der Waals surface area contributed by atoms with E-state index in [1.165, 1.54) is 12.7 Å². The molecule has 0 aliphatic heterocycles. The lowest BCUT2D eigenvalue weighted by Crippen LogP contribution is -2.35. The molecule has 0 bridgehead atoms. The molecule has 0 aliphatic carbocycles. The van der Waals surface area contributed by atoms with Gasteiger partial charge in [0.2, 0.25) is 0 Å². The fourth-order valence-corrected chi connectivity index (χ4v) is 4.89. The summed E-state index contributed by atoms with van der Waals surface area (Å²) in [7, 11) is 1.52. The van der Waals surface area contributed by atoms with Crippen LogP contribution in [0, 0.1) is 6.92 Å². The number of carbonyl (C=O) groups excluding carboxylic acids is 2. The number of aromatic nitrogens is 2. The lowest BCUT2D eigenvalue weighted by atomic mass is 10.1. The normalized spacial score (nSPS) is 11.6. The molecule has 7 nitrogen and oxygen atoms in total. The van der Waals surface area contributed by atoms with Gasteiger partial charge in [-0.25, -0.2) is 0 Å². The van der Waals surface area contributed by atoms with Crippen LogP contribution in [0.5, 0.6) is 5.75 Å². The van der Waals surface area contributed by atoms with Gasteiger partial charge >= 0.3 is 0 Å². The molecule has 0 saturated carbocycles. The highest BCUT2D eigenvalue weighted by atomic mass is 16.5. The molecule has 0 atom stereocenters. The molecule has 39 heavy (non-hydrogen) atoms. The predicted octanol–water partition coefficient (Wildman–Crippen LogP) is 5.59. The Labute approximate surface area is 227 Å². The van der Waals surface area contributed by atoms with Gasteiger partial charge in [0.05, 0.1) is 12.7 Å². The number of fused-ring (bicyclic) bond motifs is 2. The zero-order chi connectivity index (χ0) is 27.4. The maximum atomic E-state index is 13.5. The van der Waals surface area contributed by atoms with Crippen molar-refractivity contribution in [3.8, 4) is 5.75 Å². The highest BCUT2D eigenvalue weighted by Gasteiger charge is 2.18. The Morgan fingerprint density at radius 2 is 1.82 bits per heavy atom. The second-order valence-electron chi connectivity index (χ2n) is 9.47. The lowest BCUT2D eigenvalue weighted by Gasteiger charge is -2.13. The van der Waals surface area contributed by atoms with Gasteiger partial charge in [-0.05, 0) is 62.2 Å². The van der Waals surface area contributed by atoms with Crippen LogP contribution in [0.2, 0.25) is 0 Å². The van der Waals surface area contributed by atoms with E-state index in [1.54, 1.807) is 30.3 Å². The molecule has 3 aromatic carbocycles. The fourth-order valence-electron chi connectivity index (χ4n) is 4.89. The molecule has 0 fully saturated rings. The number of nitrogens with one attached hydrogen (secondary N) is 3. The van der Waals surface area contributed by atoms with Crippen LogP contribution in [0.15, 0.2) is 84.8 Å². The molecule has 3 N–H and O–H groups in total. The molecule has 2 amide bonds. The van der Waals surface area contributed by atoms with E-state index < -0.39 is 5.91 Å². The first-order valence-electron chi connectivity index (χ1n) is 13.1.